The molecule has 1 aromatic carbocycles. The second-order valence-corrected chi connectivity index (χ2v) is 5.24. The highest BCUT2D eigenvalue weighted by Gasteiger charge is 2.07. The third-order valence-corrected chi connectivity index (χ3v) is 2.38. The van der Waals surface area contributed by atoms with E-state index >= 15 is 0 Å². The molecule has 0 unspecified atom stereocenters. The molecule has 0 aliphatic rings. The molecule has 100 valence electrons. The van der Waals surface area contributed by atoms with Crippen LogP contribution in [0.1, 0.15) is 36.7 Å². The van der Waals surface area contributed by atoms with E-state index in [1.807, 2.05) is 12.1 Å². The van der Waals surface area contributed by atoms with Crippen molar-refractivity contribution in [2.45, 2.75) is 32.7 Å². The number of carbonyl (C=O) groups excluding carboxylic acids is 1. The van der Waals surface area contributed by atoms with Crippen molar-refractivity contribution in [2.24, 2.45) is 0 Å². The summed E-state index contributed by atoms with van der Waals surface area (Å²) in [5, 5.41) is 0. The summed E-state index contributed by atoms with van der Waals surface area (Å²) in [5.74, 6) is -0.297. The third-order valence-electron chi connectivity index (χ3n) is 2.38. The molecule has 0 atom stereocenters. The normalized spacial score (nSPS) is 11.3. The van der Waals surface area contributed by atoms with Crippen LogP contribution in [0.15, 0.2) is 24.3 Å². The van der Waals surface area contributed by atoms with Crippen LogP contribution in [0.3, 0.4) is 0 Å². The average Bonchev–Trinajstić information content (AvgIpc) is 2.33. The van der Waals surface area contributed by atoms with Gasteiger partial charge in [-0.25, -0.2) is 4.79 Å². The lowest BCUT2D eigenvalue weighted by Gasteiger charge is -2.21. The highest BCUT2D eigenvalue weighted by atomic mass is 16.5. The van der Waals surface area contributed by atoms with Crippen LogP contribution in [-0.4, -0.2) is 25.2 Å². The monoisotopic (exact) mass is 250 g/mol. The van der Waals surface area contributed by atoms with E-state index in [1.165, 1.54) is 12.7 Å². The Morgan fingerprint density at radius 3 is 2.33 bits per heavy atom. The van der Waals surface area contributed by atoms with E-state index in [0.717, 1.165) is 13.0 Å². The van der Waals surface area contributed by atoms with Gasteiger partial charge in [-0.15, -0.1) is 0 Å². The van der Waals surface area contributed by atoms with Gasteiger partial charge < -0.3 is 4.74 Å². The molecule has 18 heavy (non-hydrogen) atoms. The highest BCUT2D eigenvalue weighted by Crippen LogP contribution is 2.06. The number of benzene rings is 1. The zero-order valence-electron chi connectivity index (χ0n) is 11.5. The molecule has 1 rings (SSSR count). The zero-order chi connectivity index (χ0) is 13.6. The molecular formula is C14H22N2O2. The standard InChI is InChI=1S/C14H22N2O2/c1-14(2,3)16-15-10-9-11-5-7-12(8-6-11)13(17)18-4/h5-8,15-16H,9-10H2,1-4H3. The molecular weight excluding hydrogens is 228 g/mol. The summed E-state index contributed by atoms with van der Waals surface area (Å²) in [7, 11) is 1.39. The maximum absolute atomic E-state index is 11.3. The van der Waals surface area contributed by atoms with Crippen molar-refractivity contribution in [1.29, 1.82) is 0 Å². The Morgan fingerprint density at radius 1 is 1.22 bits per heavy atom. The Bertz CT molecular complexity index is 380. The Labute approximate surface area is 109 Å². The molecule has 1 aromatic rings. The molecule has 0 aliphatic heterocycles. The molecule has 0 aromatic heterocycles. The van der Waals surface area contributed by atoms with E-state index in [9.17, 15) is 4.79 Å². The lowest BCUT2D eigenvalue weighted by Crippen LogP contribution is -2.46. The average molecular weight is 250 g/mol. The van der Waals surface area contributed by atoms with Crippen molar-refractivity contribution in [2.75, 3.05) is 13.7 Å². The predicted molar refractivity (Wildman–Crippen MR) is 72.4 cm³/mol. The van der Waals surface area contributed by atoms with E-state index < -0.39 is 0 Å². The summed E-state index contributed by atoms with van der Waals surface area (Å²) >= 11 is 0. The molecule has 0 amide bonds. The molecule has 0 aliphatic carbocycles. The molecule has 0 saturated carbocycles. The number of esters is 1. The molecule has 0 radical (unpaired) electrons. The second kappa shape index (κ2) is 6.52. The molecule has 0 bridgehead atoms. The lowest BCUT2D eigenvalue weighted by molar-refractivity contribution is 0.0600. The number of ether oxygens (including phenoxy) is 1. The Kier molecular flexibility index (Phi) is 5.31. The Hall–Kier alpha value is -1.39. The van der Waals surface area contributed by atoms with Gasteiger partial charge in [-0.05, 0) is 44.9 Å². The van der Waals surface area contributed by atoms with Crippen LogP contribution >= 0.6 is 0 Å². The van der Waals surface area contributed by atoms with Gasteiger partial charge >= 0.3 is 5.97 Å². The summed E-state index contributed by atoms with van der Waals surface area (Å²) in [5.41, 5.74) is 8.22. The summed E-state index contributed by atoms with van der Waals surface area (Å²) in [6, 6.07) is 7.48. The van der Waals surface area contributed by atoms with Gasteiger partial charge in [0.05, 0.1) is 12.7 Å². The van der Waals surface area contributed by atoms with Gasteiger partial charge in [0, 0.05) is 12.1 Å². The number of hydrogen-bond acceptors (Lipinski definition) is 4. The van der Waals surface area contributed by atoms with E-state index in [1.54, 1.807) is 12.1 Å². The largest absolute Gasteiger partial charge is 0.465 e. The first-order valence-electron chi connectivity index (χ1n) is 6.09. The minimum Gasteiger partial charge on any atom is -0.465 e. The molecule has 2 N–H and O–H groups in total. The summed E-state index contributed by atoms with van der Waals surface area (Å²) in [6.45, 7) is 7.15. The summed E-state index contributed by atoms with van der Waals surface area (Å²) < 4.78 is 4.65. The van der Waals surface area contributed by atoms with Gasteiger partial charge in [-0.2, -0.15) is 0 Å². The maximum Gasteiger partial charge on any atom is 0.337 e. The van der Waals surface area contributed by atoms with E-state index in [0.29, 0.717) is 5.56 Å². The van der Waals surface area contributed by atoms with Crippen LogP contribution in [0.4, 0.5) is 0 Å². The molecule has 0 fully saturated rings. The van der Waals surface area contributed by atoms with Crippen molar-refractivity contribution in [3.8, 4) is 0 Å². The first-order chi connectivity index (χ1) is 8.42. The van der Waals surface area contributed by atoms with Crippen molar-refractivity contribution in [1.82, 2.24) is 10.9 Å². The minimum absolute atomic E-state index is 0.0642. The van der Waals surface area contributed by atoms with Crippen LogP contribution in [0.2, 0.25) is 0 Å². The molecule has 0 heterocycles. The second-order valence-electron chi connectivity index (χ2n) is 5.24. The van der Waals surface area contributed by atoms with Gasteiger partial charge in [0.25, 0.3) is 0 Å². The molecule has 0 saturated heterocycles. The smallest absolute Gasteiger partial charge is 0.337 e. The Morgan fingerprint density at radius 2 is 1.83 bits per heavy atom. The van der Waals surface area contributed by atoms with E-state index in [2.05, 4.69) is 36.4 Å². The lowest BCUT2D eigenvalue weighted by atomic mass is 10.1. The fourth-order valence-electron chi connectivity index (χ4n) is 1.46. The fourth-order valence-corrected chi connectivity index (χ4v) is 1.46. The SMILES string of the molecule is COC(=O)c1ccc(CCNNC(C)(C)C)cc1. The van der Waals surface area contributed by atoms with Crippen molar-refractivity contribution in [3.63, 3.8) is 0 Å². The molecule has 0 spiro atoms. The minimum atomic E-state index is -0.297. The van der Waals surface area contributed by atoms with Crippen LogP contribution in [0.25, 0.3) is 0 Å². The number of carbonyl (C=O) groups is 1. The first kappa shape index (κ1) is 14.7. The van der Waals surface area contributed by atoms with Gasteiger partial charge in [0.2, 0.25) is 0 Å². The van der Waals surface area contributed by atoms with Crippen LogP contribution < -0.4 is 10.9 Å². The Balaban J connectivity index is 2.38. The van der Waals surface area contributed by atoms with Crippen LogP contribution in [0.5, 0.6) is 0 Å². The van der Waals surface area contributed by atoms with Crippen molar-refractivity contribution in [3.05, 3.63) is 35.4 Å². The summed E-state index contributed by atoms with van der Waals surface area (Å²) in [6.07, 6.45) is 0.907. The van der Waals surface area contributed by atoms with Gasteiger partial charge in [0.1, 0.15) is 0 Å². The molecule has 4 nitrogen and oxygen atoms in total. The zero-order valence-corrected chi connectivity index (χ0v) is 11.5. The number of rotatable bonds is 5. The van der Waals surface area contributed by atoms with Crippen LogP contribution in [0, 0.1) is 0 Å². The summed E-state index contributed by atoms with van der Waals surface area (Å²) in [4.78, 5) is 11.3. The maximum atomic E-state index is 11.3. The number of nitrogens with one attached hydrogen (secondary N) is 2. The van der Waals surface area contributed by atoms with Crippen molar-refractivity contribution < 1.29 is 9.53 Å². The van der Waals surface area contributed by atoms with E-state index in [-0.39, 0.29) is 11.5 Å². The van der Waals surface area contributed by atoms with Gasteiger partial charge in [-0.1, -0.05) is 12.1 Å². The van der Waals surface area contributed by atoms with Gasteiger partial charge in [-0.3, -0.25) is 10.9 Å². The highest BCUT2D eigenvalue weighted by molar-refractivity contribution is 5.89. The quantitative estimate of drug-likeness (QED) is 0.476. The van der Waals surface area contributed by atoms with E-state index in [4.69, 9.17) is 0 Å². The number of methoxy groups -OCH3 is 1. The predicted octanol–water partition coefficient (Wildman–Crippen LogP) is 1.91. The first-order valence-corrected chi connectivity index (χ1v) is 6.09. The number of hydrogen-bond donors (Lipinski definition) is 2. The van der Waals surface area contributed by atoms with Crippen LogP contribution in [-0.2, 0) is 11.2 Å². The third kappa shape index (κ3) is 5.29. The van der Waals surface area contributed by atoms with Gasteiger partial charge in [0.15, 0.2) is 0 Å². The van der Waals surface area contributed by atoms with Crippen molar-refractivity contribution >= 4 is 5.97 Å². The number of hydrazine groups is 1. The molecule has 4 heteroatoms. The topological polar surface area (TPSA) is 50.4 Å². The fraction of sp³-hybridized carbons (Fsp3) is 0.500.